The minimum Gasteiger partial charge on any atom is -0.462 e. The van der Waals surface area contributed by atoms with E-state index in [0.717, 1.165) is 55.0 Å². The zero-order chi connectivity index (χ0) is 22.8. The summed E-state index contributed by atoms with van der Waals surface area (Å²) >= 11 is 7.17. The number of ether oxygens (including phenoxy) is 2. The van der Waals surface area contributed by atoms with E-state index in [9.17, 15) is 4.79 Å². The van der Waals surface area contributed by atoms with E-state index in [0.29, 0.717) is 47.2 Å². The maximum absolute atomic E-state index is 12.7. The van der Waals surface area contributed by atoms with Crippen molar-refractivity contribution in [2.45, 2.75) is 32.6 Å². The highest BCUT2D eigenvalue weighted by molar-refractivity contribution is 7.80. The molecule has 33 heavy (non-hydrogen) atoms. The first-order valence-electron chi connectivity index (χ1n) is 11.1. The Bertz CT molecular complexity index is 1190. The first kappa shape index (κ1) is 22.1. The van der Waals surface area contributed by atoms with Crippen LogP contribution in [0.2, 0.25) is 0 Å². The Morgan fingerprint density at radius 1 is 1.18 bits per heavy atom. The summed E-state index contributed by atoms with van der Waals surface area (Å²) in [5, 5.41) is 15.7. The molecule has 174 valence electrons. The van der Waals surface area contributed by atoms with Crippen LogP contribution < -0.4 is 15.5 Å². The molecule has 1 aliphatic heterocycles. The third-order valence-electron chi connectivity index (χ3n) is 5.87. The standard InChI is InChI=1S/C22H25N5O4S2/c1-2-30-21(28)17-13-5-3-4-6-16(13)33-20(17)24-22(32)23-14-7-8-15(19-18(14)25-31-26-19)27-9-11-29-12-10-27/h7-8H,2-6,9-12H2,1H3,(H2,23,24,32). The molecule has 0 atom stereocenters. The molecular weight excluding hydrogens is 462 g/mol. The molecule has 2 N–H and O–H groups in total. The quantitative estimate of drug-likeness (QED) is 0.406. The smallest absolute Gasteiger partial charge is 0.341 e. The Balaban J connectivity index is 1.38. The van der Waals surface area contributed by atoms with Crippen LogP contribution >= 0.6 is 23.6 Å². The predicted octanol–water partition coefficient (Wildman–Crippen LogP) is 3.99. The fraction of sp³-hybridized carbons (Fsp3) is 0.455. The van der Waals surface area contributed by atoms with Crippen LogP contribution in [0.3, 0.4) is 0 Å². The van der Waals surface area contributed by atoms with Gasteiger partial charge in [0, 0.05) is 18.0 Å². The number of rotatable bonds is 5. The highest BCUT2D eigenvalue weighted by atomic mass is 32.1. The number of hydrogen-bond donors (Lipinski definition) is 2. The SMILES string of the molecule is CCOC(=O)c1c(NC(=S)Nc2ccc(N3CCOCC3)c3nonc23)sc2c1CCCC2. The number of aromatic nitrogens is 2. The average molecular weight is 488 g/mol. The average Bonchev–Trinajstić information content (AvgIpc) is 3.45. The number of nitrogens with one attached hydrogen (secondary N) is 2. The molecule has 2 aliphatic rings. The second-order valence-corrected chi connectivity index (χ2v) is 9.42. The minimum absolute atomic E-state index is 0.305. The van der Waals surface area contributed by atoms with Crippen molar-refractivity contribution in [2.24, 2.45) is 0 Å². The van der Waals surface area contributed by atoms with Gasteiger partial charge in [0.2, 0.25) is 0 Å². The number of thiophene rings is 1. The monoisotopic (exact) mass is 487 g/mol. The Labute approximate surface area is 200 Å². The zero-order valence-corrected chi connectivity index (χ0v) is 19.9. The van der Waals surface area contributed by atoms with Gasteiger partial charge in [-0.25, -0.2) is 9.42 Å². The fourth-order valence-corrected chi connectivity index (χ4v) is 5.90. The largest absolute Gasteiger partial charge is 0.462 e. The van der Waals surface area contributed by atoms with E-state index in [1.807, 2.05) is 19.1 Å². The summed E-state index contributed by atoms with van der Waals surface area (Å²) in [6.07, 6.45) is 4.06. The van der Waals surface area contributed by atoms with Crippen molar-refractivity contribution in [1.82, 2.24) is 10.3 Å². The molecule has 2 aromatic heterocycles. The van der Waals surface area contributed by atoms with Gasteiger partial charge in [0.15, 0.2) is 16.1 Å². The van der Waals surface area contributed by atoms with Crippen LogP contribution in [0.5, 0.6) is 0 Å². The molecule has 1 aromatic carbocycles. The van der Waals surface area contributed by atoms with Crippen LogP contribution in [0.1, 0.15) is 40.6 Å². The minimum atomic E-state index is -0.305. The van der Waals surface area contributed by atoms with Gasteiger partial charge >= 0.3 is 5.97 Å². The van der Waals surface area contributed by atoms with Gasteiger partial charge < -0.3 is 25.0 Å². The Morgan fingerprint density at radius 2 is 1.97 bits per heavy atom. The molecule has 11 heteroatoms. The molecule has 5 rings (SSSR count). The van der Waals surface area contributed by atoms with Crippen LogP contribution in [0.4, 0.5) is 16.4 Å². The first-order valence-corrected chi connectivity index (χ1v) is 12.4. The van der Waals surface area contributed by atoms with E-state index in [2.05, 4.69) is 25.8 Å². The van der Waals surface area contributed by atoms with Gasteiger partial charge in [0.1, 0.15) is 5.00 Å². The van der Waals surface area contributed by atoms with Crippen molar-refractivity contribution in [2.75, 3.05) is 48.4 Å². The lowest BCUT2D eigenvalue weighted by Crippen LogP contribution is -2.36. The number of esters is 1. The molecular formula is C22H25N5O4S2. The van der Waals surface area contributed by atoms with Gasteiger partial charge in [0.05, 0.1) is 36.8 Å². The van der Waals surface area contributed by atoms with E-state index < -0.39 is 0 Å². The maximum atomic E-state index is 12.7. The summed E-state index contributed by atoms with van der Waals surface area (Å²) in [4.78, 5) is 16.1. The second-order valence-electron chi connectivity index (χ2n) is 7.91. The number of thiocarbonyl (C=S) groups is 1. The van der Waals surface area contributed by atoms with Crippen molar-refractivity contribution >= 4 is 62.0 Å². The van der Waals surface area contributed by atoms with Crippen LogP contribution in [0.25, 0.3) is 11.0 Å². The number of benzene rings is 1. The second kappa shape index (κ2) is 9.62. The Kier molecular flexibility index (Phi) is 6.43. The topological polar surface area (TPSA) is 102 Å². The highest BCUT2D eigenvalue weighted by Gasteiger charge is 2.27. The number of aryl methyl sites for hydroxylation is 1. The first-order chi connectivity index (χ1) is 16.2. The van der Waals surface area contributed by atoms with E-state index in [1.165, 1.54) is 4.88 Å². The van der Waals surface area contributed by atoms with Gasteiger partial charge in [-0.15, -0.1) is 11.3 Å². The number of hydrogen-bond acceptors (Lipinski definition) is 9. The molecule has 3 heterocycles. The van der Waals surface area contributed by atoms with Gasteiger partial charge in [-0.2, -0.15) is 0 Å². The lowest BCUT2D eigenvalue weighted by atomic mass is 9.95. The summed E-state index contributed by atoms with van der Waals surface area (Å²) in [6, 6.07) is 3.90. The van der Waals surface area contributed by atoms with E-state index in [-0.39, 0.29) is 5.97 Å². The highest BCUT2D eigenvalue weighted by Crippen LogP contribution is 2.39. The van der Waals surface area contributed by atoms with Crippen molar-refractivity contribution in [3.8, 4) is 0 Å². The van der Waals surface area contributed by atoms with Crippen LogP contribution in [0.15, 0.2) is 16.8 Å². The number of fused-ring (bicyclic) bond motifs is 2. The lowest BCUT2D eigenvalue weighted by Gasteiger charge is -2.28. The molecule has 0 radical (unpaired) electrons. The molecule has 1 saturated heterocycles. The number of carbonyl (C=O) groups is 1. The van der Waals surface area contributed by atoms with E-state index in [4.69, 9.17) is 26.3 Å². The summed E-state index contributed by atoms with van der Waals surface area (Å²) < 4.78 is 15.8. The molecule has 1 fully saturated rings. The molecule has 1 aliphatic carbocycles. The van der Waals surface area contributed by atoms with Crippen molar-refractivity contribution in [3.05, 3.63) is 28.1 Å². The van der Waals surface area contributed by atoms with Gasteiger partial charge in [0.25, 0.3) is 0 Å². The van der Waals surface area contributed by atoms with Crippen molar-refractivity contribution in [1.29, 1.82) is 0 Å². The molecule has 3 aromatic rings. The van der Waals surface area contributed by atoms with Crippen LogP contribution in [0, 0.1) is 0 Å². The zero-order valence-electron chi connectivity index (χ0n) is 18.3. The molecule has 0 unspecified atom stereocenters. The Hall–Kier alpha value is -2.76. The molecule has 9 nitrogen and oxygen atoms in total. The van der Waals surface area contributed by atoms with Gasteiger partial charge in [-0.1, -0.05) is 0 Å². The summed E-state index contributed by atoms with van der Waals surface area (Å²) in [5.74, 6) is -0.305. The molecule has 0 spiro atoms. The number of anilines is 3. The van der Waals surface area contributed by atoms with Crippen LogP contribution in [-0.4, -0.2) is 54.3 Å². The normalized spacial score (nSPS) is 15.8. The molecule has 0 bridgehead atoms. The van der Waals surface area contributed by atoms with Crippen molar-refractivity contribution in [3.63, 3.8) is 0 Å². The molecule has 0 amide bonds. The summed E-state index contributed by atoms with van der Waals surface area (Å²) in [5.41, 5.74) is 4.60. The number of morpholine rings is 1. The third-order valence-corrected chi connectivity index (χ3v) is 7.28. The number of nitrogens with zero attached hydrogens (tertiary/aromatic N) is 3. The van der Waals surface area contributed by atoms with Gasteiger partial charge in [-0.3, -0.25) is 0 Å². The Morgan fingerprint density at radius 3 is 2.79 bits per heavy atom. The van der Waals surface area contributed by atoms with Crippen molar-refractivity contribution < 1.29 is 18.9 Å². The number of carbonyl (C=O) groups excluding carboxylic acids is 1. The molecule has 0 saturated carbocycles. The van der Waals surface area contributed by atoms with E-state index in [1.54, 1.807) is 11.3 Å². The van der Waals surface area contributed by atoms with E-state index >= 15 is 0 Å². The fourth-order valence-electron chi connectivity index (χ4n) is 4.34. The third kappa shape index (κ3) is 4.40. The van der Waals surface area contributed by atoms with Gasteiger partial charge in [-0.05, 0) is 72.8 Å². The summed E-state index contributed by atoms with van der Waals surface area (Å²) in [7, 11) is 0. The predicted molar refractivity (Wildman–Crippen MR) is 132 cm³/mol. The maximum Gasteiger partial charge on any atom is 0.341 e. The summed E-state index contributed by atoms with van der Waals surface area (Å²) in [6.45, 7) is 5.07. The lowest BCUT2D eigenvalue weighted by molar-refractivity contribution is 0.0526. The van der Waals surface area contributed by atoms with Crippen LogP contribution in [-0.2, 0) is 22.3 Å².